The molecule has 4 unspecified atom stereocenters. The molecule has 0 bridgehead atoms. The van der Waals surface area contributed by atoms with Gasteiger partial charge in [0.05, 0.1) is 26.4 Å². The zero-order chi connectivity index (χ0) is 67.3. The van der Waals surface area contributed by atoms with Crippen molar-refractivity contribution < 1.29 is 80.2 Å². The maximum atomic E-state index is 13.0. The normalized spacial score (nSPS) is 14.8. The molecule has 0 aliphatic heterocycles. The molecule has 0 saturated heterocycles. The number of aliphatic hydroxyl groups is 1. The summed E-state index contributed by atoms with van der Waals surface area (Å²) in [6, 6.07) is 0. The van der Waals surface area contributed by atoms with Crippen LogP contribution in [0.3, 0.4) is 0 Å². The van der Waals surface area contributed by atoms with Gasteiger partial charge < -0.3 is 33.8 Å². The second-order valence-corrected chi connectivity index (χ2v) is 29.8. The van der Waals surface area contributed by atoms with Crippen molar-refractivity contribution in [3.8, 4) is 0 Å². The van der Waals surface area contributed by atoms with Crippen molar-refractivity contribution in [3.63, 3.8) is 0 Å². The molecule has 0 aliphatic carbocycles. The maximum absolute atomic E-state index is 13.0. The number of phosphoric acid groups is 2. The third kappa shape index (κ3) is 63.9. The van der Waals surface area contributed by atoms with E-state index in [1.807, 2.05) is 0 Å². The standard InChI is InChI=1S/C72H140O17P2/c1-8-11-12-13-14-15-16-17-18-19-24-34-41-48-55-71(76)88-67(59-82-69(74)53-46-39-32-23-21-20-22-29-36-43-50-63(4)5)61-86-90(78,79)84-57-66(73)58-85-91(80,81)87-62-68(89-72(77)56-49-42-35-28-26-31-38-45-52-65(7)10-3)60-83-70(75)54-47-40-33-27-25-30-37-44-51-64(6)9-2/h63-68,73H,8-62H2,1-7H3,(H,78,79)(H,80,81)/t64?,65?,66-,67-,68-/m1/s1. The van der Waals surface area contributed by atoms with Gasteiger partial charge in [0.25, 0.3) is 0 Å². The number of esters is 4. The zero-order valence-corrected chi connectivity index (χ0v) is 61.1. The summed E-state index contributed by atoms with van der Waals surface area (Å²) >= 11 is 0. The molecule has 19 heteroatoms. The number of carbonyl (C=O) groups is 4. The number of ether oxygens (including phenoxy) is 4. The topological polar surface area (TPSA) is 237 Å². The average Bonchev–Trinajstić information content (AvgIpc) is 3.72. The lowest BCUT2D eigenvalue weighted by Gasteiger charge is -2.21. The third-order valence-corrected chi connectivity index (χ3v) is 19.3. The van der Waals surface area contributed by atoms with E-state index in [9.17, 15) is 43.2 Å². The Hall–Kier alpha value is -1.94. The molecule has 0 spiro atoms. The number of rotatable bonds is 70. The van der Waals surface area contributed by atoms with Gasteiger partial charge in [-0.05, 0) is 43.4 Å². The number of phosphoric ester groups is 2. The lowest BCUT2D eigenvalue weighted by molar-refractivity contribution is -0.161. The molecule has 0 rings (SSSR count). The second kappa shape index (κ2) is 62.8. The smallest absolute Gasteiger partial charge is 0.462 e. The van der Waals surface area contributed by atoms with Crippen LogP contribution < -0.4 is 0 Å². The molecule has 0 radical (unpaired) electrons. The first-order chi connectivity index (χ1) is 43.8. The Kier molecular flexibility index (Phi) is 61.5. The molecule has 7 atom stereocenters. The molecule has 0 aromatic heterocycles. The molecule has 0 fully saturated rings. The predicted octanol–water partition coefficient (Wildman–Crippen LogP) is 20.6. The minimum atomic E-state index is -4.95. The van der Waals surface area contributed by atoms with E-state index < -0.39 is 97.5 Å². The largest absolute Gasteiger partial charge is 0.472 e. The summed E-state index contributed by atoms with van der Waals surface area (Å²) in [5.41, 5.74) is 0. The first kappa shape index (κ1) is 89.1. The van der Waals surface area contributed by atoms with Gasteiger partial charge in [-0.25, -0.2) is 9.13 Å². The van der Waals surface area contributed by atoms with Crippen LogP contribution in [0.4, 0.5) is 0 Å². The van der Waals surface area contributed by atoms with E-state index in [0.29, 0.717) is 25.7 Å². The predicted molar refractivity (Wildman–Crippen MR) is 368 cm³/mol. The highest BCUT2D eigenvalue weighted by Crippen LogP contribution is 2.45. The van der Waals surface area contributed by atoms with Crippen LogP contribution in [-0.4, -0.2) is 96.7 Å². The molecule has 0 amide bonds. The second-order valence-electron chi connectivity index (χ2n) is 26.9. The molecular formula is C72H140O17P2. The van der Waals surface area contributed by atoms with E-state index >= 15 is 0 Å². The van der Waals surface area contributed by atoms with E-state index in [1.54, 1.807) is 0 Å². The van der Waals surface area contributed by atoms with Gasteiger partial charge in [-0.2, -0.15) is 0 Å². The van der Waals surface area contributed by atoms with Crippen LogP contribution in [0.1, 0.15) is 363 Å². The van der Waals surface area contributed by atoms with Crippen molar-refractivity contribution in [2.45, 2.75) is 381 Å². The molecule has 0 aliphatic rings. The molecule has 0 aromatic carbocycles. The Balaban J connectivity index is 5.28. The minimum absolute atomic E-state index is 0.104. The lowest BCUT2D eigenvalue weighted by Crippen LogP contribution is -2.30. The fourth-order valence-electron chi connectivity index (χ4n) is 10.8. The monoisotopic (exact) mass is 1340 g/mol. The van der Waals surface area contributed by atoms with Gasteiger partial charge in [-0.3, -0.25) is 37.3 Å². The highest BCUT2D eigenvalue weighted by atomic mass is 31.2. The maximum Gasteiger partial charge on any atom is 0.472 e. The highest BCUT2D eigenvalue weighted by Gasteiger charge is 2.30. The number of hydrogen-bond donors (Lipinski definition) is 3. The van der Waals surface area contributed by atoms with Crippen molar-refractivity contribution >= 4 is 39.5 Å². The van der Waals surface area contributed by atoms with Gasteiger partial charge in [0, 0.05) is 25.7 Å². The van der Waals surface area contributed by atoms with Crippen LogP contribution in [0.5, 0.6) is 0 Å². The molecule has 3 N–H and O–H groups in total. The quantitative estimate of drug-likeness (QED) is 0.0222. The summed E-state index contributed by atoms with van der Waals surface area (Å²) in [5, 5.41) is 10.6. The first-order valence-electron chi connectivity index (χ1n) is 37.4. The van der Waals surface area contributed by atoms with Crippen LogP contribution in [-0.2, 0) is 65.4 Å². The van der Waals surface area contributed by atoms with Crippen LogP contribution in [0.15, 0.2) is 0 Å². The van der Waals surface area contributed by atoms with E-state index in [1.165, 1.54) is 173 Å². The third-order valence-electron chi connectivity index (χ3n) is 17.4. The van der Waals surface area contributed by atoms with Crippen LogP contribution in [0.25, 0.3) is 0 Å². The molecule has 17 nitrogen and oxygen atoms in total. The zero-order valence-electron chi connectivity index (χ0n) is 59.3. The van der Waals surface area contributed by atoms with Crippen molar-refractivity contribution in [3.05, 3.63) is 0 Å². The minimum Gasteiger partial charge on any atom is -0.462 e. The molecule has 0 aromatic rings. The Bertz CT molecular complexity index is 1790. The van der Waals surface area contributed by atoms with Gasteiger partial charge in [0.2, 0.25) is 0 Å². The fourth-order valence-corrected chi connectivity index (χ4v) is 12.4. The van der Waals surface area contributed by atoms with Crippen molar-refractivity contribution in [2.75, 3.05) is 39.6 Å². The average molecular weight is 1340 g/mol. The molecule has 0 saturated carbocycles. The number of carbonyl (C=O) groups excluding carboxylic acids is 4. The van der Waals surface area contributed by atoms with Crippen molar-refractivity contribution in [1.29, 1.82) is 0 Å². The fraction of sp³-hybridized carbons (Fsp3) is 0.944. The molecule has 91 heavy (non-hydrogen) atoms. The summed E-state index contributed by atoms with van der Waals surface area (Å²) in [4.78, 5) is 72.7. The van der Waals surface area contributed by atoms with Gasteiger partial charge in [0.15, 0.2) is 12.2 Å². The van der Waals surface area contributed by atoms with Gasteiger partial charge in [0.1, 0.15) is 19.3 Å². The first-order valence-corrected chi connectivity index (χ1v) is 40.4. The van der Waals surface area contributed by atoms with E-state index in [0.717, 1.165) is 108 Å². The van der Waals surface area contributed by atoms with Crippen LogP contribution >= 0.6 is 15.6 Å². The summed E-state index contributed by atoms with van der Waals surface area (Å²) in [5.74, 6) is 0.182. The molecule has 540 valence electrons. The lowest BCUT2D eigenvalue weighted by atomic mass is 9.99. The molecular weight excluding hydrogens is 1200 g/mol. The Morgan fingerprint density at radius 1 is 0.319 bits per heavy atom. The van der Waals surface area contributed by atoms with Gasteiger partial charge >= 0.3 is 39.5 Å². The van der Waals surface area contributed by atoms with E-state index in [-0.39, 0.29) is 25.7 Å². The van der Waals surface area contributed by atoms with Crippen molar-refractivity contribution in [2.24, 2.45) is 17.8 Å². The summed E-state index contributed by atoms with van der Waals surface area (Å²) in [6.07, 6.45) is 47.0. The van der Waals surface area contributed by atoms with E-state index in [4.69, 9.17) is 37.0 Å². The summed E-state index contributed by atoms with van der Waals surface area (Å²) < 4.78 is 68.4. The number of aliphatic hydroxyl groups excluding tert-OH is 1. The summed E-state index contributed by atoms with van der Waals surface area (Å²) in [6.45, 7) is 11.9. The van der Waals surface area contributed by atoms with E-state index in [2.05, 4.69) is 48.5 Å². The Labute approximate surface area is 556 Å². The SMILES string of the molecule is CCCCCCCCCCCCCCCCC(=O)O[C@H](COC(=O)CCCCCCCCCCCCC(C)C)COP(=O)(O)OC[C@@H](O)COP(=O)(O)OC[C@@H](COC(=O)CCCCCCCCCCC(C)CC)OC(=O)CCCCCCCCCCC(C)CC. The van der Waals surface area contributed by atoms with Crippen LogP contribution in [0, 0.1) is 17.8 Å². The number of hydrogen-bond acceptors (Lipinski definition) is 15. The highest BCUT2D eigenvalue weighted by molar-refractivity contribution is 7.47. The van der Waals surface area contributed by atoms with Crippen LogP contribution in [0.2, 0.25) is 0 Å². The van der Waals surface area contributed by atoms with Gasteiger partial charge in [-0.1, -0.05) is 312 Å². The van der Waals surface area contributed by atoms with Gasteiger partial charge in [-0.15, -0.1) is 0 Å². The number of unbranched alkanes of at least 4 members (excludes halogenated alkanes) is 36. The Morgan fingerprint density at radius 3 is 0.835 bits per heavy atom. The summed E-state index contributed by atoms with van der Waals surface area (Å²) in [7, 11) is -9.91. The Morgan fingerprint density at radius 2 is 0.560 bits per heavy atom. The van der Waals surface area contributed by atoms with Crippen molar-refractivity contribution in [1.82, 2.24) is 0 Å². The molecule has 0 heterocycles.